The van der Waals surface area contributed by atoms with Gasteiger partial charge in [-0.05, 0) is 24.8 Å². The van der Waals surface area contributed by atoms with Gasteiger partial charge in [0.1, 0.15) is 6.10 Å². The predicted octanol–water partition coefficient (Wildman–Crippen LogP) is 3.46. The number of hydrogen-bond donors (Lipinski definition) is 0. The SMILES string of the molecule is C1=CC[C@H]([C@H]2OC[C@@H](c3ccccc3)O2)CC1. The molecular weight excluding hydrogens is 212 g/mol. The summed E-state index contributed by atoms with van der Waals surface area (Å²) < 4.78 is 11.8. The molecule has 3 rings (SSSR count). The summed E-state index contributed by atoms with van der Waals surface area (Å²) in [4.78, 5) is 0. The van der Waals surface area contributed by atoms with Crippen molar-refractivity contribution < 1.29 is 9.47 Å². The molecule has 1 aliphatic heterocycles. The van der Waals surface area contributed by atoms with E-state index in [4.69, 9.17) is 9.47 Å². The molecule has 17 heavy (non-hydrogen) atoms. The first-order chi connectivity index (χ1) is 8.43. The number of rotatable bonds is 2. The van der Waals surface area contributed by atoms with Crippen LogP contribution in [0.3, 0.4) is 0 Å². The van der Waals surface area contributed by atoms with Crippen molar-refractivity contribution in [3.05, 3.63) is 48.0 Å². The highest BCUT2D eigenvalue weighted by molar-refractivity contribution is 5.18. The van der Waals surface area contributed by atoms with Crippen LogP contribution in [0.5, 0.6) is 0 Å². The van der Waals surface area contributed by atoms with Crippen molar-refractivity contribution in [1.29, 1.82) is 0 Å². The molecule has 1 aliphatic carbocycles. The molecule has 2 aliphatic rings. The van der Waals surface area contributed by atoms with Crippen molar-refractivity contribution in [3.8, 4) is 0 Å². The Balaban J connectivity index is 1.64. The number of ether oxygens (including phenoxy) is 2. The summed E-state index contributed by atoms with van der Waals surface area (Å²) in [6.07, 6.45) is 8.03. The Morgan fingerprint density at radius 3 is 2.71 bits per heavy atom. The van der Waals surface area contributed by atoms with Gasteiger partial charge < -0.3 is 9.47 Å². The van der Waals surface area contributed by atoms with Gasteiger partial charge in [-0.2, -0.15) is 0 Å². The molecule has 0 unspecified atom stereocenters. The van der Waals surface area contributed by atoms with Crippen molar-refractivity contribution in [2.75, 3.05) is 6.61 Å². The fourth-order valence-electron chi connectivity index (χ4n) is 2.58. The first kappa shape index (κ1) is 11.0. The molecule has 0 amide bonds. The highest BCUT2D eigenvalue weighted by atomic mass is 16.7. The minimum absolute atomic E-state index is 0.00911. The fourth-order valence-corrected chi connectivity index (χ4v) is 2.58. The van der Waals surface area contributed by atoms with Gasteiger partial charge in [-0.1, -0.05) is 42.5 Å². The highest BCUT2D eigenvalue weighted by Gasteiger charge is 2.32. The third kappa shape index (κ3) is 2.43. The molecule has 90 valence electrons. The molecule has 0 N–H and O–H groups in total. The second kappa shape index (κ2) is 5.03. The van der Waals surface area contributed by atoms with Crippen LogP contribution in [0.15, 0.2) is 42.5 Å². The lowest BCUT2D eigenvalue weighted by Gasteiger charge is -2.23. The van der Waals surface area contributed by atoms with E-state index < -0.39 is 0 Å². The second-order valence-electron chi connectivity index (χ2n) is 4.78. The second-order valence-corrected chi connectivity index (χ2v) is 4.78. The maximum Gasteiger partial charge on any atom is 0.161 e. The van der Waals surface area contributed by atoms with Gasteiger partial charge in [-0.15, -0.1) is 0 Å². The van der Waals surface area contributed by atoms with Crippen LogP contribution in [0, 0.1) is 5.92 Å². The van der Waals surface area contributed by atoms with E-state index in [0.29, 0.717) is 12.5 Å². The molecule has 0 spiro atoms. The molecule has 0 radical (unpaired) electrons. The number of allylic oxidation sites excluding steroid dienone is 2. The average molecular weight is 230 g/mol. The molecule has 1 fully saturated rings. The van der Waals surface area contributed by atoms with Gasteiger partial charge in [-0.3, -0.25) is 0 Å². The van der Waals surface area contributed by atoms with Crippen LogP contribution in [0.4, 0.5) is 0 Å². The van der Waals surface area contributed by atoms with Gasteiger partial charge in [0, 0.05) is 5.92 Å². The van der Waals surface area contributed by atoms with E-state index in [1.165, 1.54) is 12.0 Å². The summed E-state index contributed by atoms with van der Waals surface area (Å²) in [6, 6.07) is 10.3. The van der Waals surface area contributed by atoms with E-state index in [0.717, 1.165) is 12.8 Å². The minimum atomic E-state index is -0.00911. The monoisotopic (exact) mass is 230 g/mol. The number of benzene rings is 1. The zero-order valence-electron chi connectivity index (χ0n) is 9.92. The largest absolute Gasteiger partial charge is 0.349 e. The summed E-state index contributed by atoms with van der Waals surface area (Å²) in [5, 5.41) is 0. The Morgan fingerprint density at radius 2 is 1.94 bits per heavy atom. The maximum atomic E-state index is 6.03. The van der Waals surface area contributed by atoms with Crippen molar-refractivity contribution >= 4 is 0 Å². The van der Waals surface area contributed by atoms with Gasteiger partial charge in [-0.25, -0.2) is 0 Å². The van der Waals surface area contributed by atoms with Gasteiger partial charge in [0.05, 0.1) is 6.61 Å². The smallest absolute Gasteiger partial charge is 0.161 e. The summed E-state index contributed by atoms with van der Waals surface area (Å²) in [6.45, 7) is 0.689. The van der Waals surface area contributed by atoms with Crippen LogP contribution >= 0.6 is 0 Å². The fraction of sp³-hybridized carbons (Fsp3) is 0.467. The van der Waals surface area contributed by atoms with Crippen LogP contribution < -0.4 is 0 Å². The third-order valence-corrected chi connectivity index (χ3v) is 3.58. The van der Waals surface area contributed by atoms with E-state index in [2.05, 4.69) is 36.4 Å². The normalized spacial score (nSPS) is 32.8. The molecule has 1 aromatic rings. The van der Waals surface area contributed by atoms with Crippen LogP contribution in [0.1, 0.15) is 30.9 Å². The molecule has 0 bridgehead atoms. The molecule has 2 heteroatoms. The first-order valence-corrected chi connectivity index (χ1v) is 6.40. The zero-order valence-corrected chi connectivity index (χ0v) is 9.92. The Kier molecular flexibility index (Phi) is 3.25. The van der Waals surface area contributed by atoms with E-state index in [1.54, 1.807) is 0 Å². The van der Waals surface area contributed by atoms with E-state index in [9.17, 15) is 0 Å². The Hall–Kier alpha value is -1.12. The van der Waals surface area contributed by atoms with Gasteiger partial charge in [0.2, 0.25) is 0 Å². The van der Waals surface area contributed by atoms with Crippen LogP contribution in [-0.2, 0) is 9.47 Å². The standard InChI is InChI=1S/C15H18O2/c1-3-7-12(8-4-1)14-11-16-15(17-14)13-9-5-2-6-10-13/h1-5,7-8,13-15H,6,9-11H2/t13-,14-,15-/m0/s1. The first-order valence-electron chi connectivity index (χ1n) is 6.40. The van der Waals surface area contributed by atoms with Crippen molar-refractivity contribution in [2.45, 2.75) is 31.7 Å². The zero-order chi connectivity index (χ0) is 11.5. The Morgan fingerprint density at radius 1 is 1.06 bits per heavy atom. The quantitative estimate of drug-likeness (QED) is 0.724. The molecular formula is C15H18O2. The molecule has 3 atom stereocenters. The van der Waals surface area contributed by atoms with Gasteiger partial charge in [0.25, 0.3) is 0 Å². The van der Waals surface area contributed by atoms with Crippen molar-refractivity contribution in [2.24, 2.45) is 5.92 Å². The lowest BCUT2D eigenvalue weighted by molar-refractivity contribution is -0.0988. The van der Waals surface area contributed by atoms with Crippen molar-refractivity contribution in [1.82, 2.24) is 0 Å². The summed E-state index contributed by atoms with van der Waals surface area (Å²) in [5.74, 6) is 0.536. The van der Waals surface area contributed by atoms with Crippen molar-refractivity contribution in [3.63, 3.8) is 0 Å². The topological polar surface area (TPSA) is 18.5 Å². The van der Waals surface area contributed by atoms with Crippen LogP contribution in [-0.4, -0.2) is 12.9 Å². The highest BCUT2D eigenvalue weighted by Crippen LogP contribution is 2.34. The minimum Gasteiger partial charge on any atom is -0.349 e. The lowest BCUT2D eigenvalue weighted by Crippen LogP contribution is -2.22. The molecule has 1 aromatic carbocycles. The average Bonchev–Trinajstić information content (AvgIpc) is 2.90. The van der Waals surface area contributed by atoms with E-state index >= 15 is 0 Å². The Bertz CT molecular complexity index is 385. The molecule has 1 heterocycles. The summed E-state index contributed by atoms with van der Waals surface area (Å²) in [7, 11) is 0. The van der Waals surface area contributed by atoms with Gasteiger partial charge >= 0.3 is 0 Å². The summed E-state index contributed by atoms with van der Waals surface area (Å²) in [5.41, 5.74) is 1.22. The lowest BCUT2D eigenvalue weighted by atomic mass is 9.94. The molecule has 2 nitrogen and oxygen atoms in total. The van der Waals surface area contributed by atoms with Crippen LogP contribution in [0.25, 0.3) is 0 Å². The van der Waals surface area contributed by atoms with Crippen LogP contribution in [0.2, 0.25) is 0 Å². The molecule has 0 saturated carbocycles. The summed E-state index contributed by atoms with van der Waals surface area (Å²) >= 11 is 0. The molecule has 0 aromatic heterocycles. The van der Waals surface area contributed by atoms with Gasteiger partial charge in [0.15, 0.2) is 6.29 Å². The number of hydrogen-bond acceptors (Lipinski definition) is 2. The Labute approximate surface area is 102 Å². The van der Waals surface area contributed by atoms with E-state index in [1.807, 2.05) is 6.07 Å². The maximum absolute atomic E-state index is 6.03. The molecule has 1 saturated heterocycles. The predicted molar refractivity (Wildman–Crippen MR) is 66.5 cm³/mol. The third-order valence-electron chi connectivity index (χ3n) is 3.58. The van der Waals surface area contributed by atoms with E-state index in [-0.39, 0.29) is 12.4 Å².